The highest BCUT2D eigenvalue weighted by molar-refractivity contribution is 6.32. The second-order valence-corrected chi connectivity index (χ2v) is 5.50. The summed E-state index contributed by atoms with van der Waals surface area (Å²) in [6.45, 7) is 3.86. The Kier molecular flexibility index (Phi) is 4.28. The lowest BCUT2D eigenvalue weighted by molar-refractivity contribution is 0.0992. The first-order chi connectivity index (χ1) is 8.97. The lowest BCUT2D eigenvalue weighted by Crippen LogP contribution is -2.06. The lowest BCUT2D eigenvalue weighted by atomic mass is 9.99. The summed E-state index contributed by atoms with van der Waals surface area (Å²) in [6.07, 6.45) is 0.307. The third kappa shape index (κ3) is 3.37. The van der Waals surface area contributed by atoms with Crippen molar-refractivity contribution in [2.24, 2.45) is 0 Å². The molecule has 0 aliphatic heterocycles. The molecule has 0 bridgehead atoms. The Balaban J connectivity index is 2.25. The van der Waals surface area contributed by atoms with Gasteiger partial charge in [-0.25, -0.2) is 0 Å². The zero-order chi connectivity index (χ0) is 14.0. The monoisotopic (exact) mass is 292 g/mol. The minimum absolute atomic E-state index is 0.0555. The molecule has 0 aliphatic carbocycles. The SMILES string of the molecule is Cc1ccc(CC(=O)c2ccc(Cl)cc2C)c(Cl)c1. The zero-order valence-electron chi connectivity index (χ0n) is 10.8. The van der Waals surface area contributed by atoms with Gasteiger partial charge in [0, 0.05) is 22.0 Å². The standard InChI is InChI=1S/C16H14Cl2O/c1-10-3-4-12(15(18)7-10)9-16(19)14-6-5-13(17)8-11(14)2/h3-8H,9H2,1-2H3. The third-order valence-electron chi connectivity index (χ3n) is 3.05. The largest absolute Gasteiger partial charge is 0.294 e. The van der Waals surface area contributed by atoms with Crippen LogP contribution in [0, 0.1) is 13.8 Å². The van der Waals surface area contributed by atoms with Gasteiger partial charge in [0.1, 0.15) is 0 Å². The minimum atomic E-state index is 0.0555. The fourth-order valence-electron chi connectivity index (χ4n) is 2.00. The molecule has 2 rings (SSSR count). The van der Waals surface area contributed by atoms with Crippen molar-refractivity contribution in [2.75, 3.05) is 0 Å². The molecule has 0 amide bonds. The van der Waals surface area contributed by atoms with Crippen LogP contribution in [0.25, 0.3) is 0 Å². The molecule has 19 heavy (non-hydrogen) atoms. The number of rotatable bonds is 3. The summed E-state index contributed by atoms with van der Waals surface area (Å²) in [5, 5.41) is 1.28. The van der Waals surface area contributed by atoms with E-state index in [9.17, 15) is 4.79 Å². The molecule has 98 valence electrons. The average Bonchev–Trinajstić information content (AvgIpc) is 2.32. The van der Waals surface area contributed by atoms with Gasteiger partial charge in [-0.2, -0.15) is 0 Å². The first kappa shape index (κ1) is 14.1. The molecule has 2 aromatic rings. The van der Waals surface area contributed by atoms with Gasteiger partial charge >= 0.3 is 0 Å². The molecule has 0 atom stereocenters. The molecule has 0 aromatic heterocycles. The Morgan fingerprint density at radius 1 is 1.05 bits per heavy atom. The van der Waals surface area contributed by atoms with Gasteiger partial charge in [-0.3, -0.25) is 4.79 Å². The number of hydrogen-bond acceptors (Lipinski definition) is 1. The molecule has 0 spiro atoms. The van der Waals surface area contributed by atoms with Crippen molar-refractivity contribution in [2.45, 2.75) is 20.3 Å². The molecule has 0 radical (unpaired) electrons. The van der Waals surface area contributed by atoms with Crippen LogP contribution in [0.15, 0.2) is 36.4 Å². The quantitative estimate of drug-likeness (QED) is 0.725. The van der Waals surface area contributed by atoms with Crippen LogP contribution in [-0.4, -0.2) is 5.78 Å². The molecule has 0 saturated carbocycles. The lowest BCUT2D eigenvalue weighted by Gasteiger charge is -2.07. The fourth-order valence-corrected chi connectivity index (χ4v) is 2.53. The molecule has 0 heterocycles. The van der Waals surface area contributed by atoms with Gasteiger partial charge in [0.05, 0.1) is 0 Å². The molecule has 0 aliphatic rings. The fraction of sp³-hybridized carbons (Fsp3) is 0.188. The van der Waals surface area contributed by atoms with Gasteiger partial charge in [0.2, 0.25) is 0 Å². The summed E-state index contributed by atoms with van der Waals surface area (Å²) >= 11 is 12.0. The first-order valence-corrected chi connectivity index (χ1v) is 6.77. The molecule has 1 nitrogen and oxygen atoms in total. The molecule has 0 N–H and O–H groups in total. The zero-order valence-corrected chi connectivity index (χ0v) is 12.3. The Morgan fingerprint density at radius 3 is 2.42 bits per heavy atom. The average molecular weight is 293 g/mol. The van der Waals surface area contributed by atoms with E-state index in [1.807, 2.05) is 32.0 Å². The number of carbonyl (C=O) groups is 1. The van der Waals surface area contributed by atoms with Gasteiger partial charge in [-0.05, 0) is 54.8 Å². The number of aryl methyl sites for hydroxylation is 2. The van der Waals surface area contributed by atoms with E-state index in [1.165, 1.54) is 0 Å². The summed E-state index contributed by atoms with van der Waals surface area (Å²) in [5.74, 6) is 0.0555. The van der Waals surface area contributed by atoms with Crippen molar-refractivity contribution in [1.82, 2.24) is 0 Å². The van der Waals surface area contributed by atoms with E-state index in [4.69, 9.17) is 23.2 Å². The maximum Gasteiger partial charge on any atom is 0.167 e. The van der Waals surface area contributed by atoms with Crippen LogP contribution >= 0.6 is 23.2 Å². The van der Waals surface area contributed by atoms with E-state index >= 15 is 0 Å². The number of hydrogen-bond donors (Lipinski definition) is 0. The molecular weight excluding hydrogens is 279 g/mol. The summed E-state index contributed by atoms with van der Waals surface area (Å²) < 4.78 is 0. The minimum Gasteiger partial charge on any atom is -0.294 e. The van der Waals surface area contributed by atoms with Gasteiger partial charge in [0.15, 0.2) is 5.78 Å². The Hall–Kier alpha value is -1.31. The number of ketones is 1. The van der Waals surface area contributed by atoms with Crippen LogP contribution < -0.4 is 0 Å². The molecular formula is C16H14Cl2O. The van der Waals surface area contributed by atoms with E-state index < -0.39 is 0 Å². The van der Waals surface area contributed by atoms with Crippen LogP contribution in [0.1, 0.15) is 27.0 Å². The molecule has 0 fully saturated rings. The van der Waals surface area contributed by atoms with Crippen LogP contribution in [0.2, 0.25) is 10.0 Å². The number of benzene rings is 2. The van der Waals surface area contributed by atoms with E-state index in [-0.39, 0.29) is 5.78 Å². The highest BCUT2D eigenvalue weighted by Crippen LogP contribution is 2.21. The Morgan fingerprint density at radius 2 is 1.79 bits per heavy atom. The summed E-state index contributed by atoms with van der Waals surface area (Å²) in [5.41, 5.74) is 3.53. The second kappa shape index (κ2) is 5.77. The molecule has 0 saturated heterocycles. The summed E-state index contributed by atoms with van der Waals surface area (Å²) in [6, 6.07) is 11.0. The smallest absolute Gasteiger partial charge is 0.167 e. The van der Waals surface area contributed by atoms with Crippen LogP contribution in [0.5, 0.6) is 0 Å². The number of carbonyl (C=O) groups excluding carboxylic acids is 1. The van der Waals surface area contributed by atoms with Gasteiger partial charge in [-0.15, -0.1) is 0 Å². The van der Waals surface area contributed by atoms with Crippen molar-refractivity contribution in [3.63, 3.8) is 0 Å². The molecule has 0 unspecified atom stereocenters. The van der Waals surface area contributed by atoms with E-state index in [2.05, 4.69) is 0 Å². The van der Waals surface area contributed by atoms with Crippen molar-refractivity contribution in [3.05, 3.63) is 68.7 Å². The van der Waals surface area contributed by atoms with Gasteiger partial charge < -0.3 is 0 Å². The van der Waals surface area contributed by atoms with Crippen molar-refractivity contribution >= 4 is 29.0 Å². The highest BCUT2D eigenvalue weighted by atomic mass is 35.5. The van der Waals surface area contributed by atoms with Gasteiger partial charge in [-0.1, -0.05) is 35.3 Å². The van der Waals surface area contributed by atoms with Gasteiger partial charge in [0.25, 0.3) is 0 Å². The molecule has 3 heteroatoms. The van der Waals surface area contributed by atoms with E-state index in [0.29, 0.717) is 22.0 Å². The van der Waals surface area contributed by atoms with Crippen LogP contribution in [-0.2, 0) is 6.42 Å². The topological polar surface area (TPSA) is 17.1 Å². The van der Waals surface area contributed by atoms with Crippen molar-refractivity contribution < 1.29 is 4.79 Å². The predicted octanol–water partition coefficient (Wildman–Crippen LogP) is 5.04. The van der Waals surface area contributed by atoms with Crippen molar-refractivity contribution in [1.29, 1.82) is 0 Å². The maximum absolute atomic E-state index is 12.3. The highest BCUT2D eigenvalue weighted by Gasteiger charge is 2.12. The predicted molar refractivity (Wildman–Crippen MR) is 80.4 cm³/mol. The number of halogens is 2. The van der Waals surface area contributed by atoms with Crippen LogP contribution in [0.4, 0.5) is 0 Å². The normalized spacial score (nSPS) is 10.5. The first-order valence-electron chi connectivity index (χ1n) is 6.02. The van der Waals surface area contributed by atoms with E-state index in [1.54, 1.807) is 18.2 Å². The van der Waals surface area contributed by atoms with Crippen molar-refractivity contribution in [3.8, 4) is 0 Å². The Bertz CT molecular complexity index is 633. The number of Topliss-reactive ketones (excluding diaryl/α,β-unsaturated/α-hetero) is 1. The summed E-state index contributed by atoms with van der Waals surface area (Å²) in [7, 11) is 0. The second-order valence-electron chi connectivity index (χ2n) is 4.65. The van der Waals surface area contributed by atoms with Crippen LogP contribution in [0.3, 0.4) is 0 Å². The Labute approximate surface area is 123 Å². The van der Waals surface area contributed by atoms with E-state index in [0.717, 1.165) is 16.7 Å². The molecule has 2 aromatic carbocycles. The summed E-state index contributed by atoms with van der Waals surface area (Å²) in [4.78, 5) is 12.3. The third-order valence-corrected chi connectivity index (χ3v) is 3.64. The maximum atomic E-state index is 12.3.